The quantitative estimate of drug-likeness (QED) is 0.852. The van der Waals surface area contributed by atoms with Crippen LogP contribution >= 0.6 is 0 Å². The van der Waals surface area contributed by atoms with Gasteiger partial charge in [-0.15, -0.1) is 0 Å². The monoisotopic (exact) mass is 287 g/mol. The highest BCUT2D eigenvalue weighted by Gasteiger charge is 2.39. The second-order valence-electron chi connectivity index (χ2n) is 6.83. The van der Waals surface area contributed by atoms with Crippen molar-refractivity contribution < 1.29 is 4.74 Å². The van der Waals surface area contributed by atoms with Crippen LogP contribution in [0, 0.1) is 0 Å². The van der Waals surface area contributed by atoms with Crippen molar-refractivity contribution in [3.63, 3.8) is 0 Å². The van der Waals surface area contributed by atoms with Crippen LogP contribution < -0.4 is 5.73 Å². The molecule has 2 fully saturated rings. The summed E-state index contributed by atoms with van der Waals surface area (Å²) in [5.74, 6) is 0.770. The van der Waals surface area contributed by atoms with E-state index >= 15 is 0 Å². The maximum atomic E-state index is 6.69. The van der Waals surface area contributed by atoms with Crippen molar-refractivity contribution in [2.45, 2.75) is 75.9 Å². The number of nitrogens with two attached hydrogens (primary N) is 1. The van der Waals surface area contributed by atoms with E-state index in [0.29, 0.717) is 0 Å². The minimum absolute atomic E-state index is 0.0118. The Bertz CT molecular complexity index is 455. The van der Waals surface area contributed by atoms with Crippen LogP contribution in [0.15, 0.2) is 24.3 Å². The van der Waals surface area contributed by atoms with Crippen molar-refractivity contribution in [2.75, 3.05) is 6.61 Å². The lowest BCUT2D eigenvalue weighted by Crippen LogP contribution is -2.45. The second kappa shape index (κ2) is 6.50. The van der Waals surface area contributed by atoms with Crippen molar-refractivity contribution in [1.29, 1.82) is 0 Å². The van der Waals surface area contributed by atoms with Crippen LogP contribution in [-0.2, 0) is 4.74 Å². The van der Waals surface area contributed by atoms with Crippen LogP contribution in [0.5, 0.6) is 0 Å². The number of benzene rings is 1. The Kier molecular flexibility index (Phi) is 4.66. The predicted molar refractivity (Wildman–Crippen MR) is 87.4 cm³/mol. The van der Waals surface area contributed by atoms with Crippen molar-refractivity contribution in [2.24, 2.45) is 5.73 Å². The van der Waals surface area contributed by atoms with Gasteiger partial charge in [0.2, 0.25) is 0 Å². The van der Waals surface area contributed by atoms with Crippen LogP contribution in [-0.4, -0.2) is 12.2 Å². The van der Waals surface area contributed by atoms with Gasteiger partial charge in [-0.2, -0.15) is 0 Å². The Labute approximate surface area is 129 Å². The SMILES string of the molecule is CCOC1(C(N)c2cccc(C3CCC3)c2)CCCCC1. The number of ether oxygens (including phenoxy) is 1. The lowest BCUT2D eigenvalue weighted by Gasteiger charge is -2.42. The highest BCUT2D eigenvalue weighted by atomic mass is 16.5. The van der Waals surface area contributed by atoms with Crippen LogP contribution in [0.25, 0.3) is 0 Å². The topological polar surface area (TPSA) is 35.2 Å². The van der Waals surface area contributed by atoms with E-state index < -0.39 is 0 Å². The molecular weight excluding hydrogens is 258 g/mol. The molecule has 2 N–H and O–H groups in total. The highest BCUT2D eigenvalue weighted by molar-refractivity contribution is 5.31. The molecule has 2 nitrogen and oxygen atoms in total. The summed E-state index contributed by atoms with van der Waals surface area (Å²) in [4.78, 5) is 0. The third-order valence-corrected chi connectivity index (χ3v) is 5.54. The van der Waals surface area contributed by atoms with Crippen molar-refractivity contribution in [3.8, 4) is 0 Å². The van der Waals surface area contributed by atoms with E-state index in [4.69, 9.17) is 10.5 Å². The first kappa shape index (κ1) is 15.1. The normalized spacial score (nSPS) is 23.5. The zero-order chi connectivity index (χ0) is 14.7. The Morgan fingerprint density at radius 3 is 2.57 bits per heavy atom. The molecule has 0 radical (unpaired) electrons. The zero-order valence-corrected chi connectivity index (χ0v) is 13.3. The van der Waals surface area contributed by atoms with E-state index in [0.717, 1.165) is 25.4 Å². The largest absolute Gasteiger partial charge is 0.373 e. The summed E-state index contributed by atoms with van der Waals surface area (Å²) in [7, 11) is 0. The van der Waals surface area contributed by atoms with Gasteiger partial charge in [0.15, 0.2) is 0 Å². The smallest absolute Gasteiger partial charge is 0.0874 e. The molecule has 0 bridgehead atoms. The molecule has 2 heteroatoms. The van der Waals surface area contributed by atoms with Crippen molar-refractivity contribution in [1.82, 2.24) is 0 Å². The molecule has 2 aliphatic rings. The fourth-order valence-electron chi connectivity index (χ4n) is 4.03. The van der Waals surface area contributed by atoms with Crippen LogP contribution in [0.1, 0.15) is 81.4 Å². The molecule has 2 aliphatic carbocycles. The van der Waals surface area contributed by atoms with E-state index in [2.05, 4.69) is 31.2 Å². The first-order chi connectivity index (χ1) is 10.2. The number of hydrogen-bond acceptors (Lipinski definition) is 2. The average Bonchev–Trinajstić information content (AvgIpc) is 2.46. The van der Waals surface area contributed by atoms with Gasteiger partial charge in [0.1, 0.15) is 0 Å². The first-order valence-electron chi connectivity index (χ1n) is 8.74. The van der Waals surface area contributed by atoms with Crippen LogP contribution in [0.4, 0.5) is 0 Å². The van der Waals surface area contributed by atoms with Crippen molar-refractivity contribution >= 4 is 0 Å². The van der Waals surface area contributed by atoms with Crippen molar-refractivity contribution in [3.05, 3.63) is 35.4 Å². The minimum atomic E-state index is -0.134. The molecule has 0 amide bonds. The van der Waals surface area contributed by atoms with Gasteiger partial charge >= 0.3 is 0 Å². The Morgan fingerprint density at radius 1 is 1.19 bits per heavy atom. The molecule has 1 atom stereocenters. The van der Waals surface area contributed by atoms with Gasteiger partial charge in [-0.1, -0.05) is 49.9 Å². The molecule has 2 saturated carbocycles. The fraction of sp³-hybridized carbons (Fsp3) is 0.684. The minimum Gasteiger partial charge on any atom is -0.373 e. The van der Waals surface area contributed by atoms with E-state index in [9.17, 15) is 0 Å². The number of hydrogen-bond donors (Lipinski definition) is 1. The molecule has 0 aliphatic heterocycles. The third kappa shape index (κ3) is 3.02. The summed E-state index contributed by atoms with van der Waals surface area (Å²) >= 11 is 0. The lowest BCUT2D eigenvalue weighted by molar-refractivity contribution is -0.0831. The molecule has 0 aromatic heterocycles. The molecule has 1 aromatic carbocycles. The fourth-order valence-corrected chi connectivity index (χ4v) is 4.03. The first-order valence-corrected chi connectivity index (χ1v) is 8.74. The lowest BCUT2D eigenvalue weighted by atomic mass is 9.75. The molecule has 3 rings (SSSR count). The molecule has 116 valence electrons. The molecule has 0 saturated heterocycles. The zero-order valence-electron chi connectivity index (χ0n) is 13.3. The maximum Gasteiger partial charge on any atom is 0.0874 e. The molecular formula is C19H29NO. The van der Waals surface area contributed by atoms with Gasteiger partial charge < -0.3 is 10.5 Å². The summed E-state index contributed by atoms with van der Waals surface area (Å²) in [6, 6.07) is 9.02. The Balaban J connectivity index is 1.83. The average molecular weight is 287 g/mol. The Morgan fingerprint density at radius 2 is 1.95 bits per heavy atom. The van der Waals surface area contributed by atoms with Crippen LogP contribution in [0.3, 0.4) is 0 Å². The maximum absolute atomic E-state index is 6.69. The van der Waals surface area contributed by atoms with Gasteiger partial charge in [0.25, 0.3) is 0 Å². The summed E-state index contributed by atoms with van der Waals surface area (Å²) in [5.41, 5.74) is 9.32. The summed E-state index contributed by atoms with van der Waals surface area (Å²) in [6.07, 6.45) is 10.1. The molecule has 21 heavy (non-hydrogen) atoms. The molecule has 1 unspecified atom stereocenters. The third-order valence-electron chi connectivity index (χ3n) is 5.54. The predicted octanol–water partition coefficient (Wildman–Crippen LogP) is 4.69. The summed E-state index contributed by atoms with van der Waals surface area (Å²) < 4.78 is 6.20. The molecule has 0 heterocycles. The van der Waals surface area contributed by atoms with Gasteiger partial charge in [0.05, 0.1) is 11.6 Å². The standard InChI is InChI=1S/C19H29NO/c1-2-21-19(12-4-3-5-13-19)18(20)17-11-7-10-16(14-17)15-8-6-9-15/h7,10-11,14-15,18H,2-6,8-9,12-13,20H2,1H3. The molecule has 1 aromatic rings. The highest BCUT2D eigenvalue weighted by Crippen LogP contribution is 2.42. The van der Waals surface area contributed by atoms with Gasteiger partial charge in [-0.05, 0) is 49.7 Å². The van der Waals surface area contributed by atoms with Gasteiger partial charge in [0, 0.05) is 6.61 Å². The molecule has 0 spiro atoms. The van der Waals surface area contributed by atoms with E-state index in [1.807, 2.05) is 0 Å². The summed E-state index contributed by atoms with van der Waals surface area (Å²) in [5, 5.41) is 0. The Hall–Kier alpha value is -0.860. The second-order valence-corrected chi connectivity index (χ2v) is 6.83. The van der Waals surface area contributed by atoms with Gasteiger partial charge in [-0.25, -0.2) is 0 Å². The van der Waals surface area contributed by atoms with E-state index in [1.54, 1.807) is 0 Å². The number of rotatable bonds is 5. The van der Waals surface area contributed by atoms with E-state index in [1.165, 1.54) is 49.7 Å². The van der Waals surface area contributed by atoms with E-state index in [-0.39, 0.29) is 11.6 Å². The summed E-state index contributed by atoms with van der Waals surface area (Å²) in [6.45, 7) is 2.85. The van der Waals surface area contributed by atoms with Gasteiger partial charge in [-0.3, -0.25) is 0 Å². The van der Waals surface area contributed by atoms with Crippen LogP contribution in [0.2, 0.25) is 0 Å².